The lowest BCUT2D eigenvalue weighted by Gasteiger charge is -2.29. The highest BCUT2D eigenvalue weighted by molar-refractivity contribution is 9.10. The predicted molar refractivity (Wildman–Crippen MR) is 131 cm³/mol. The van der Waals surface area contributed by atoms with Crippen LogP contribution in [0.2, 0.25) is 0 Å². The zero-order chi connectivity index (χ0) is 20.5. The molecule has 0 bridgehead atoms. The van der Waals surface area contributed by atoms with Crippen molar-refractivity contribution in [2.45, 2.75) is 5.60 Å². The molecule has 0 unspecified atom stereocenters. The zero-order valence-corrected chi connectivity index (χ0v) is 19.0. The number of aliphatic hydroxyl groups is 1. The summed E-state index contributed by atoms with van der Waals surface area (Å²) in [5.74, 6) is 0. The molecule has 0 heterocycles. The summed E-state index contributed by atoms with van der Waals surface area (Å²) in [5, 5.41) is 17.1. The van der Waals surface area contributed by atoms with Gasteiger partial charge in [-0.2, -0.15) is 0 Å². The van der Waals surface area contributed by atoms with Gasteiger partial charge in [0.25, 0.3) is 0 Å². The van der Waals surface area contributed by atoms with E-state index < -0.39 is 5.60 Å². The number of hydrogen-bond donors (Lipinski definition) is 1. The number of hydrogen-bond acceptors (Lipinski definition) is 1. The quantitative estimate of drug-likeness (QED) is 0.238. The highest BCUT2D eigenvalue weighted by Gasteiger charge is 2.43. The standard InChI is InChI=1S/C27H16Br2O/c28-19-12-17-10-11-18-13-20(29)15-24-26(18)25(17)23(14-19)27(24,30)22-9-5-4-8-21(22)16-6-2-1-3-7-16/h1-15,30H. The normalized spacial score (nSPS) is 14.1. The first-order valence-corrected chi connectivity index (χ1v) is 11.4. The molecular formula is C27H16Br2O. The molecule has 1 aliphatic rings. The van der Waals surface area contributed by atoms with Crippen LogP contribution in [0.25, 0.3) is 32.7 Å². The molecule has 3 heteroatoms. The van der Waals surface area contributed by atoms with Crippen LogP contribution in [0.4, 0.5) is 0 Å². The van der Waals surface area contributed by atoms with Crippen molar-refractivity contribution in [3.05, 3.63) is 117 Å². The second-order valence-electron chi connectivity index (χ2n) is 7.79. The lowest BCUT2D eigenvalue weighted by Crippen LogP contribution is -2.27. The zero-order valence-electron chi connectivity index (χ0n) is 15.9. The molecule has 0 atom stereocenters. The average molecular weight is 516 g/mol. The van der Waals surface area contributed by atoms with E-state index in [1.807, 2.05) is 36.4 Å². The Kier molecular flexibility index (Phi) is 3.98. The van der Waals surface area contributed by atoms with Crippen LogP contribution in [0.3, 0.4) is 0 Å². The minimum absolute atomic E-state index is 0.895. The SMILES string of the molecule is OC1(c2ccccc2-c2ccccc2)c2cc(Br)cc3ccc4cc(Br)cc1c4c23. The fraction of sp³-hybridized carbons (Fsp3) is 0.0370. The maximum atomic E-state index is 12.6. The van der Waals surface area contributed by atoms with E-state index in [0.29, 0.717) is 0 Å². The monoisotopic (exact) mass is 514 g/mol. The smallest absolute Gasteiger partial charge is 0.142 e. The van der Waals surface area contributed by atoms with E-state index >= 15 is 0 Å². The molecule has 0 saturated heterocycles. The van der Waals surface area contributed by atoms with E-state index in [1.54, 1.807) is 0 Å². The molecule has 0 spiro atoms. The molecule has 6 rings (SSSR count). The highest BCUT2D eigenvalue weighted by Crippen LogP contribution is 2.53. The highest BCUT2D eigenvalue weighted by atomic mass is 79.9. The Morgan fingerprint density at radius 3 is 1.70 bits per heavy atom. The Morgan fingerprint density at radius 2 is 1.10 bits per heavy atom. The van der Waals surface area contributed by atoms with E-state index in [4.69, 9.17) is 0 Å². The molecule has 1 N–H and O–H groups in total. The molecule has 5 aromatic carbocycles. The van der Waals surface area contributed by atoms with Gasteiger partial charge in [0.2, 0.25) is 0 Å². The van der Waals surface area contributed by atoms with Gasteiger partial charge in [-0.1, -0.05) is 98.6 Å². The molecule has 0 fully saturated rings. The molecule has 5 aromatic rings. The Balaban J connectivity index is 1.78. The lowest BCUT2D eigenvalue weighted by molar-refractivity contribution is 0.132. The summed E-state index contributed by atoms with van der Waals surface area (Å²) in [7, 11) is 0. The van der Waals surface area contributed by atoms with Crippen LogP contribution in [0.1, 0.15) is 16.7 Å². The third-order valence-corrected chi connectivity index (χ3v) is 7.06. The van der Waals surface area contributed by atoms with Crippen molar-refractivity contribution < 1.29 is 5.11 Å². The maximum absolute atomic E-state index is 12.6. The fourth-order valence-corrected chi connectivity index (χ4v) is 5.88. The Hall–Kier alpha value is -2.46. The molecule has 0 saturated carbocycles. The summed E-state index contributed by atoms with van der Waals surface area (Å²) in [4.78, 5) is 0. The summed E-state index contributed by atoms with van der Waals surface area (Å²) in [6, 6.07) is 31.1. The first kappa shape index (κ1) is 18.3. The number of benzene rings is 5. The number of halogens is 2. The van der Waals surface area contributed by atoms with Crippen LogP contribution in [0.5, 0.6) is 0 Å². The molecule has 144 valence electrons. The second kappa shape index (κ2) is 6.52. The van der Waals surface area contributed by atoms with Crippen LogP contribution in [0, 0.1) is 0 Å². The van der Waals surface area contributed by atoms with E-state index in [-0.39, 0.29) is 0 Å². The average Bonchev–Trinajstić information content (AvgIpc) is 3.02. The first-order chi connectivity index (χ1) is 14.6. The molecule has 0 radical (unpaired) electrons. The van der Waals surface area contributed by atoms with Gasteiger partial charge in [0, 0.05) is 25.6 Å². The maximum Gasteiger partial charge on any atom is 0.142 e. The minimum atomic E-state index is -1.25. The van der Waals surface area contributed by atoms with Crippen molar-refractivity contribution >= 4 is 53.4 Å². The second-order valence-corrected chi connectivity index (χ2v) is 9.62. The van der Waals surface area contributed by atoms with Crippen LogP contribution in [0.15, 0.2) is 99.9 Å². The van der Waals surface area contributed by atoms with Crippen LogP contribution in [-0.4, -0.2) is 5.11 Å². The van der Waals surface area contributed by atoms with Crippen LogP contribution >= 0.6 is 31.9 Å². The van der Waals surface area contributed by atoms with E-state index in [9.17, 15) is 5.11 Å². The van der Waals surface area contributed by atoms with Gasteiger partial charge >= 0.3 is 0 Å². The van der Waals surface area contributed by atoms with Crippen molar-refractivity contribution in [2.24, 2.45) is 0 Å². The summed E-state index contributed by atoms with van der Waals surface area (Å²) in [5.41, 5.74) is 3.62. The number of rotatable bonds is 2. The van der Waals surface area contributed by atoms with Crippen LogP contribution < -0.4 is 0 Å². The predicted octanol–water partition coefficient (Wildman–Crippen LogP) is 7.78. The topological polar surface area (TPSA) is 20.2 Å². The third-order valence-electron chi connectivity index (χ3n) is 6.14. The molecule has 0 aliphatic heterocycles. The van der Waals surface area contributed by atoms with Crippen molar-refractivity contribution in [1.82, 2.24) is 0 Å². The van der Waals surface area contributed by atoms with Crippen molar-refractivity contribution in [3.63, 3.8) is 0 Å². The molecule has 1 aliphatic carbocycles. The van der Waals surface area contributed by atoms with Gasteiger partial charge in [0.05, 0.1) is 0 Å². The van der Waals surface area contributed by atoms with Gasteiger partial charge in [-0.05, 0) is 56.9 Å². The fourth-order valence-electron chi connectivity index (χ4n) is 4.93. The summed E-state index contributed by atoms with van der Waals surface area (Å²) in [6.07, 6.45) is 0. The van der Waals surface area contributed by atoms with Crippen molar-refractivity contribution in [1.29, 1.82) is 0 Å². The van der Waals surface area contributed by atoms with E-state index in [1.165, 1.54) is 0 Å². The third kappa shape index (κ3) is 2.43. The molecule has 0 aromatic heterocycles. The Bertz CT molecular complexity index is 1400. The van der Waals surface area contributed by atoms with Gasteiger partial charge in [-0.15, -0.1) is 0 Å². The van der Waals surface area contributed by atoms with Crippen molar-refractivity contribution in [3.8, 4) is 11.1 Å². The molecule has 0 amide bonds. The van der Waals surface area contributed by atoms with Gasteiger partial charge < -0.3 is 5.11 Å². The molecule has 30 heavy (non-hydrogen) atoms. The van der Waals surface area contributed by atoms with E-state index in [0.717, 1.165) is 58.3 Å². The Labute approximate surface area is 191 Å². The lowest BCUT2D eigenvalue weighted by atomic mass is 9.80. The van der Waals surface area contributed by atoms with Gasteiger partial charge in [-0.3, -0.25) is 0 Å². The largest absolute Gasteiger partial charge is 0.376 e. The van der Waals surface area contributed by atoms with Crippen LogP contribution in [-0.2, 0) is 5.60 Å². The van der Waals surface area contributed by atoms with Crippen molar-refractivity contribution in [2.75, 3.05) is 0 Å². The summed E-state index contributed by atoms with van der Waals surface area (Å²) in [6.45, 7) is 0. The minimum Gasteiger partial charge on any atom is -0.376 e. The van der Waals surface area contributed by atoms with Gasteiger partial charge in [0.15, 0.2) is 0 Å². The molecule has 1 nitrogen and oxygen atoms in total. The summed E-state index contributed by atoms with van der Waals surface area (Å²) >= 11 is 7.34. The first-order valence-electron chi connectivity index (χ1n) is 9.81. The molecular weight excluding hydrogens is 500 g/mol. The Morgan fingerprint density at radius 1 is 0.567 bits per heavy atom. The van der Waals surface area contributed by atoms with Gasteiger partial charge in [0.1, 0.15) is 5.60 Å². The van der Waals surface area contributed by atoms with Gasteiger partial charge in [-0.25, -0.2) is 0 Å². The summed E-state index contributed by atoms with van der Waals surface area (Å²) < 4.78 is 1.93. The van der Waals surface area contributed by atoms with E-state index in [2.05, 4.69) is 86.5 Å².